The summed E-state index contributed by atoms with van der Waals surface area (Å²) >= 11 is 7.59. The van der Waals surface area contributed by atoms with Gasteiger partial charge in [0.1, 0.15) is 6.04 Å². The Hall–Kier alpha value is -2.14. The Morgan fingerprint density at radius 2 is 1.80 bits per heavy atom. The molecule has 25 heavy (non-hydrogen) atoms. The minimum Gasteiger partial charge on any atom is -0.347 e. The zero-order chi connectivity index (χ0) is 17.5. The van der Waals surface area contributed by atoms with Gasteiger partial charge in [-0.15, -0.1) is 11.3 Å². The molecule has 3 aromatic rings. The van der Waals surface area contributed by atoms with Gasteiger partial charge in [0.25, 0.3) is 5.91 Å². The van der Waals surface area contributed by atoms with Crippen molar-refractivity contribution in [2.45, 2.75) is 12.6 Å². The predicted octanol–water partition coefficient (Wildman–Crippen LogP) is 3.37. The molecule has 128 valence electrons. The van der Waals surface area contributed by atoms with E-state index in [1.807, 2.05) is 48.5 Å². The number of quaternary nitrogens is 1. The van der Waals surface area contributed by atoms with E-state index in [0.717, 1.165) is 5.56 Å². The number of hydrogen-bond acceptors (Lipinski definition) is 2. The molecule has 0 aliphatic rings. The molecule has 0 bridgehead atoms. The van der Waals surface area contributed by atoms with E-state index in [9.17, 15) is 4.79 Å². The maximum absolute atomic E-state index is 12.2. The standard InChI is InChI=1S/C20H19ClN2OS/c21-17-10-8-15(9-11-17)13-22-19(24)14-23-20(18-7-4-12-25-18)16-5-2-1-3-6-16/h1-12,20,23H,13-14H2,(H,22,24)/p+1/t20-/m0/s1. The molecule has 0 unspecified atom stereocenters. The Kier molecular flexibility index (Phi) is 6.23. The first kappa shape index (κ1) is 17.7. The zero-order valence-electron chi connectivity index (χ0n) is 13.7. The molecule has 1 aromatic heterocycles. The number of benzene rings is 2. The highest BCUT2D eigenvalue weighted by atomic mass is 35.5. The first-order chi connectivity index (χ1) is 12.2. The van der Waals surface area contributed by atoms with Crippen molar-refractivity contribution in [3.63, 3.8) is 0 Å². The number of nitrogens with two attached hydrogens (primary N) is 1. The van der Waals surface area contributed by atoms with Crippen LogP contribution in [0.15, 0.2) is 72.1 Å². The summed E-state index contributed by atoms with van der Waals surface area (Å²) in [7, 11) is 0. The largest absolute Gasteiger partial charge is 0.347 e. The SMILES string of the molecule is O=C(C[NH2+][C@@H](c1ccccc1)c1cccs1)NCc1ccc(Cl)cc1. The summed E-state index contributed by atoms with van der Waals surface area (Å²) in [6, 6.07) is 22.1. The number of thiophene rings is 1. The quantitative estimate of drug-likeness (QED) is 0.657. The minimum absolute atomic E-state index is 0.0208. The van der Waals surface area contributed by atoms with Crippen molar-refractivity contribution in [2.75, 3.05) is 6.54 Å². The van der Waals surface area contributed by atoms with E-state index in [1.165, 1.54) is 10.4 Å². The second-order valence-electron chi connectivity index (χ2n) is 5.75. The maximum atomic E-state index is 12.2. The van der Waals surface area contributed by atoms with E-state index in [2.05, 4.69) is 34.2 Å². The van der Waals surface area contributed by atoms with Gasteiger partial charge in [-0.1, -0.05) is 60.1 Å². The topological polar surface area (TPSA) is 45.7 Å². The lowest BCUT2D eigenvalue weighted by Gasteiger charge is -2.14. The molecule has 1 atom stereocenters. The lowest BCUT2D eigenvalue weighted by atomic mass is 10.1. The van der Waals surface area contributed by atoms with Crippen molar-refractivity contribution in [3.05, 3.63) is 93.1 Å². The van der Waals surface area contributed by atoms with Crippen molar-refractivity contribution in [1.82, 2.24) is 5.32 Å². The third kappa shape index (κ3) is 5.16. The van der Waals surface area contributed by atoms with Crippen LogP contribution < -0.4 is 10.6 Å². The fraction of sp³-hybridized carbons (Fsp3) is 0.150. The van der Waals surface area contributed by atoms with Crippen LogP contribution >= 0.6 is 22.9 Å². The molecule has 0 saturated heterocycles. The average molecular weight is 372 g/mol. The van der Waals surface area contributed by atoms with E-state index >= 15 is 0 Å². The van der Waals surface area contributed by atoms with Crippen LogP contribution in [0.25, 0.3) is 0 Å². The molecule has 3 N–H and O–H groups in total. The van der Waals surface area contributed by atoms with Gasteiger partial charge < -0.3 is 10.6 Å². The summed E-state index contributed by atoms with van der Waals surface area (Å²) in [6.07, 6.45) is 0. The maximum Gasteiger partial charge on any atom is 0.275 e. The Labute approximate surface area is 156 Å². The summed E-state index contributed by atoms with van der Waals surface area (Å²) in [6.45, 7) is 0.893. The smallest absolute Gasteiger partial charge is 0.275 e. The van der Waals surface area contributed by atoms with Crippen LogP contribution in [-0.4, -0.2) is 12.5 Å². The second-order valence-corrected chi connectivity index (χ2v) is 7.16. The van der Waals surface area contributed by atoms with Crippen LogP contribution in [0.1, 0.15) is 22.0 Å². The second kappa shape index (κ2) is 8.81. The third-order valence-electron chi connectivity index (χ3n) is 3.95. The van der Waals surface area contributed by atoms with Gasteiger partial charge in [0.15, 0.2) is 6.54 Å². The summed E-state index contributed by atoms with van der Waals surface area (Å²) in [5.41, 5.74) is 2.24. The molecule has 3 nitrogen and oxygen atoms in total. The van der Waals surface area contributed by atoms with Crippen molar-refractivity contribution in [1.29, 1.82) is 0 Å². The monoisotopic (exact) mass is 371 g/mol. The van der Waals surface area contributed by atoms with Gasteiger partial charge >= 0.3 is 0 Å². The number of carbonyl (C=O) groups is 1. The van der Waals surface area contributed by atoms with Crippen molar-refractivity contribution in [2.24, 2.45) is 0 Å². The van der Waals surface area contributed by atoms with E-state index in [0.29, 0.717) is 18.1 Å². The molecule has 0 fully saturated rings. The van der Waals surface area contributed by atoms with Gasteiger partial charge in [-0.25, -0.2) is 0 Å². The lowest BCUT2D eigenvalue weighted by molar-refractivity contribution is -0.676. The van der Waals surface area contributed by atoms with Gasteiger partial charge in [-0.2, -0.15) is 0 Å². The number of hydrogen-bond donors (Lipinski definition) is 2. The van der Waals surface area contributed by atoms with Gasteiger partial charge in [-0.3, -0.25) is 4.79 Å². The van der Waals surface area contributed by atoms with Crippen LogP contribution in [0.4, 0.5) is 0 Å². The summed E-state index contributed by atoms with van der Waals surface area (Å²) in [5.74, 6) is 0.0208. The molecular weight excluding hydrogens is 352 g/mol. The highest BCUT2D eigenvalue weighted by Crippen LogP contribution is 2.22. The number of amides is 1. The Morgan fingerprint density at radius 3 is 2.48 bits per heavy atom. The molecular formula is C20H20ClN2OS+. The highest BCUT2D eigenvalue weighted by Gasteiger charge is 2.19. The molecule has 2 aromatic carbocycles. The van der Waals surface area contributed by atoms with Crippen molar-refractivity contribution < 1.29 is 10.1 Å². The molecule has 5 heteroatoms. The number of halogens is 1. The number of carbonyl (C=O) groups excluding carboxylic acids is 1. The van der Waals surface area contributed by atoms with Gasteiger partial charge in [0.2, 0.25) is 0 Å². The normalized spacial score (nSPS) is 11.9. The summed E-state index contributed by atoms with van der Waals surface area (Å²) in [4.78, 5) is 13.5. The first-order valence-corrected chi connectivity index (χ1v) is 9.41. The van der Waals surface area contributed by atoms with Crippen LogP contribution in [0.5, 0.6) is 0 Å². The Bertz CT molecular complexity index is 788. The van der Waals surface area contributed by atoms with Crippen LogP contribution in [-0.2, 0) is 11.3 Å². The van der Waals surface area contributed by atoms with E-state index in [-0.39, 0.29) is 11.9 Å². The van der Waals surface area contributed by atoms with Crippen LogP contribution in [0, 0.1) is 0 Å². The van der Waals surface area contributed by atoms with E-state index in [1.54, 1.807) is 11.3 Å². The first-order valence-electron chi connectivity index (χ1n) is 8.15. The molecule has 0 aliphatic carbocycles. The molecule has 0 radical (unpaired) electrons. The summed E-state index contributed by atoms with van der Waals surface area (Å²) in [5, 5.41) is 7.81. The van der Waals surface area contributed by atoms with E-state index in [4.69, 9.17) is 11.6 Å². The molecule has 0 spiro atoms. The highest BCUT2D eigenvalue weighted by molar-refractivity contribution is 7.10. The molecule has 0 saturated carbocycles. The van der Waals surface area contributed by atoms with Gasteiger partial charge in [0, 0.05) is 17.1 Å². The lowest BCUT2D eigenvalue weighted by Crippen LogP contribution is -2.87. The van der Waals surface area contributed by atoms with E-state index < -0.39 is 0 Å². The molecule has 0 aliphatic heterocycles. The van der Waals surface area contributed by atoms with Crippen LogP contribution in [0.2, 0.25) is 5.02 Å². The van der Waals surface area contributed by atoms with Crippen LogP contribution in [0.3, 0.4) is 0 Å². The average Bonchev–Trinajstić information content (AvgIpc) is 3.17. The van der Waals surface area contributed by atoms with Crippen molar-refractivity contribution in [3.8, 4) is 0 Å². The van der Waals surface area contributed by atoms with Crippen molar-refractivity contribution >= 4 is 28.8 Å². The molecule has 3 rings (SSSR count). The predicted molar refractivity (Wildman–Crippen MR) is 103 cm³/mol. The van der Waals surface area contributed by atoms with Gasteiger partial charge in [0.05, 0.1) is 4.88 Å². The fourth-order valence-electron chi connectivity index (χ4n) is 2.65. The number of nitrogens with one attached hydrogen (secondary N) is 1. The summed E-state index contributed by atoms with van der Waals surface area (Å²) < 4.78 is 0. The van der Waals surface area contributed by atoms with Gasteiger partial charge in [-0.05, 0) is 29.1 Å². The fourth-order valence-corrected chi connectivity index (χ4v) is 3.62. The Morgan fingerprint density at radius 1 is 1.04 bits per heavy atom. The third-order valence-corrected chi connectivity index (χ3v) is 5.16. The molecule has 1 amide bonds. The minimum atomic E-state index is 0.0208. The number of rotatable bonds is 7. The molecule has 1 heterocycles. The Balaban J connectivity index is 1.57. The zero-order valence-corrected chi connectivity index (χ0v) is 15.3.